The smallest absolute Gasteiger partial charge is 0.261 e. The van der Waals surface area contributed by atoms with Gasteiger partial charge in [-0.2, -0.15) is 10.1 Å². The molecule has 1 aliphatic rings. The Morgan fingerprint density at radius 1 is 1.21 bits per heavy atom. The Hall–Kier alpha value is -4.08. The van der Waals surface area contributed by atoms with Gasteiger partial charge in [0.25, 0.3) is 5.89 Å². The van der Waals surface area contributed by atoms with Crippen molar-refractivity contribution in [2.45, 2.75) is 38.6 Å². The molecule has 10 nitrogen and oxygen atoms in total. The average molecular weight is 459 g/mol. The van der Waals surface area contributed by atoms with Crippen molar-refractivity contribution in [2.24, 2.45) is 5.92 Å². The van der Waals surface area contributed by atoms with E-state index in [4.69, 9.17) is 15.2 Å². The predicted octanol–water partition coefficient (Wildman–Crippen LogP) is 2.74. The molecule has 5 rings (SSSR count). The lowest BCUT2D eigenvalue weighted by atomic mass is 9.76. The predicted molar refractivity (Wildman–Crippen MR) is 125 cm³/mol. The van der Waals surface area contributed by atoms with Gasteiger partial charge in [-0.15, -0.1) is 0 Å². The van der Waals surface area contributed by atoms with E-state index in [1.54, 1.807) is 30.3 Å². The Bertz CT molecular complexity index is 1340. The van der Waals surface area contributed by atoms with E-state index in [0.29, 0.717) is 23.2 Å². The summed E-state index contributed by atoms with van der Waals surface area (Å²) >= 11 is 0. The lowest BCUT2D eigenvalue weighted by Gasteiger charge is -2.27. The molecule has 1 amide bonds. The topological polar surface area (TPSA) is 138 Å². The number of aromatic nitrogens is 6. The first kappa shape index (κ1) is 21.7. The second-order valence-electron chi connectivity index (χ2n) is 8.80. The maximum Gasteiger partial charge on any atom is 0.261 e. The monoisotopic (exact) mass is 458 g/mol. The number of nitrogen functional groups attached to an aromatic ring is 1. The summed E-state index contributed by atoms with van der Waals surface area (Å²) < 4.78 is 7.16. The Morgan fingerprint density at radius 3 is 2.65 bits per heavy atom. The van der Waals surface area contributed by atoms with Crippen molar-refractivity contribution in [2.75, 3.05) is 12.8 Å². The maximum absolute atomic E-state index is 11.6. The molecule has 0 bridgehead atoms. The van der Waals surface area contributed by atoms with Crippen LogP contribution in [0.15, 0.2) is 47.4 Å². The van der Waals surface area contributed by atoms with E-state index < -0.39 is 0 Å². The number of aryl methyl sites for hydroxylation is 1. The fraction of sp³-hybridized carbons (Fsp3) is 0.333. The van der Waals surface area contributed by atoms with Gasteiger partial charge in [0.15, 0.2) is 5.82 Å². The molecule has 0 spiro atoms. The lowest BCUT2D eigenvalue weighted by molar-refractivity contribution is -0.121. The SMILES string of the molecule is CNC(=O)Cn1cc(-c2nc([C@@](C)(c3ccc(-c4cnc(N)nc4C)cc3)C3CC3)no2)cn1. The molecule has 3 N–H and O–H groups in total. The quantitative estimate of drug-likeness (QED) is 0.431. The van der Waals surface area contributed by atoms with Gasteiger partial charge in [-0.3, -0.25) is 9.48 Å². The molecule has 1 saturated carbocycles. The molecule has 10 heteroatoms. The summed E-state index contributed by atoms with van der Waals surface area (Å²) in [6, 6.07) is 8.37. The fourth-order valence-corrected chi connectivity index (χ4v) is 4.31. The van der Waals surface area contributed by atoms with E-state index in [0.717, 1.165) is 35.2 Å². The molecule has 1 aliphatic carbocycles. The van der Waals surface area contributed by atoms with Crippen LogP contribution < -0.4 is 11.1 Å². The molecule has 1 fully saturated rings. The van der Waals surface area contributed by atoms with Gasteiger partial charge in [-0.05, 0) is 43.7 Å². The van der Waals surface area contributed by atoms with Gasteiger partial charge in [-0.1, -0.05) is 29.4 Å². The van der Waals surface area contributed by atoms with Crippen molar-refractivity contribution in [3.05, 3.63) is 59.9 Å². The number of nitrogens with one attached hydrogen (secondary N) is 1. The number of carbonyl (C=O) groups is 1. The lowest BCUT2D eigenvalue weighted by Crippen LogP contribution is -2.28. The molecule has 3 aromatic heterocycles. The number of hydrogen-bond donors (Lipinski definition) is 2. The minimum atomic E-state index is -0.384. The van der Waals surface area contributed by atoms with Gasteiger partial charge < -0.3 is 15.6 Å². The minimum absolute atomic E-state index is 0.127. The number of hydrogen-bond acceptors (Lipinski definition) is 8. The second-order valence-corrected chi connectivity index (χ2v) is 8.80. The number of nitrogens with two attached hydrogens (primary N) is 1. The number of nitrogens with zero attached hydrogens (tertiary/aromatic N) is 6. The first-order valence-corrected chi connectivity index (χ1v) is 11.2. The Kier molecular flexibility index (Phi) is 5.35. The van der Waals surface area contributed by atoms with Crippen LogP contribution in [0.3, 0.4) is 0 Å². The van der Waals surface area contributed by atoms with Crippen LogP contribution in [0, 0.1) is 12.8 Å². The summed E-state index contributed by atoms with van der Waals surface area (Å²) in [6.45, 7) is 4.22. The maximum atomic E-state index is 11.6. The van der Waals surface area contributed by atoms with Crippen molar-refractivity contribution < 1.29 is 9.32 Å². The Labute approximate surface area is 196 Å². The summed E-state index contributed by atoms with van der Waals surface area (Å²) in [5.41, 5.74) is 9.92. The van der Waals surface area contributed by atoms with E-state index in [1.807, 2.05) is 6.92 Å². The fourth-order valence-electron chi connectivity index (χ4n) is 4.31. The van der Waals surface area contributed by atoms with Gasteiger partial charge in [0.1, 0.15) is 6.54 Å². The van der Waals surface area contributed by atoms with Gasteiger partial charge in [0.2, 0.25) is 11.9 Å². The molecule has 0 unspecified atom stereocenters. The highest BCUT2D eigenvalue weighted by Gasteiger charge is 2.47. The molecule has 34 heavy (non-hydrogen) atoms. The number of amides is 1. The number of anilines is 1. The van der Waals surface area contributed by atoms with Gasteiger partial charge >= 0.3 is 0 Å². The summed E-state index contributed by atoms with van der Waals surface area (Å²) in [6.07, 6.45) is 7.32. The number of likely N-dealkylation sites (N-methyl/N-ethyl adjacent to an activating group) is 1. The van der Waals surface area contributed by atoms with Crippen molar-refractivity contribution >= 4 is 11.9 Å². The highest BCUT2D eigenvalue weighted by atomic mass is 16.5. The number of carbonyl (C=O) groups excluding carboxylic acids is 1. The van der Waals surface area contributed by atoms with Crippen molar-refractivity contribution in [1.29, 1.82) is 0 Å². The average Bonchev–Trinajstić information content (AvgIpc) is 3.39. The summed E-state index contributed by atoms with van der Waals surface area (Å²) in [5, 5.41) is 11.2. The molecule has 4 aromatic rings. The summed E-state index contributed by atoms with van der Waals surface area (Å²) in [7, 11) is 1.59. The molecule has 0 aliphatic heterocycles. The van der Waals surface area contributed by atoms with Crippen LogP contribution in [0.2, 0.25) is 0 Å². The zero-order chi connectivity index (χ0) is 23.9. The zero-order valence-corrected chi connectivity index (χ0v) is 19.3. The number of benzene rings is 1. The molecule has 174 valence electrons. The van der Waals surface area contributed by atoms with Crippen LogP contribution in [-0.4, -0.2) is 42.8 Å². The van der Waals surface area contributed by atoms with Gasteiger partial charge in [-0.25, -0.2) is 9.97 Å². The second kappa shape index (κ2) is 8.36. The largest absolute Gasteiger partial charge is 0.368 e. The Balaban J connectivity index is 1.44. The van der Waals surface area contributed by atoms with Crippen molar-refractivity contribution in [3.63, 3.8) is 0 Å². The van der Waals surface area contributed by atoms with Crippen LogP contribution in [-0.2, 0) is 16.8 Å². The highest BCUT2D eigenvalue weighted by Crippen LogP contribution is 2.50. The van der Waals surface area contributed by atoms with Gasteiger partial charge in [0.05, 0.1) is 22.9 Å². The molecular weight excluding hydrogens is 432 g/mol. The molecule has 0 radical (unpaired) electrons. The number of rotatable bonds is 7. The first-order chi connectivity index (χ1) is 16.4. The van der Waals surface area contributed by atoms with E-state index >= 15 is 0 Å². The van der Waals surface area contributed by atoms with Crippen LogP contribution in [0.4, 0.5) is 5.95 Å². The van der Waals surface area contributed by atoms with Crippen molar-refractivity contribution in [1.82, 2.24) is 35.2 Å². The van der Waals surface area contributed by atoms with E-state index in [9.17, 15) is 4.79 Å². The van der Waals surface area contributed by atoms with E-state index in [-0.39, 0.29) is 23.8 Å². The standard InChI is InChI=1S/C24H26N8O2/c1-14-19(11-27-23(25)29-14)15-4-6-17(7-5-15)24(2,18-8-9-18)22-30-21(34-31-22)16-10-28-32(12-16)13-20(33)26-3/h4-7,10-12,18H,8-9,13H2,1-3H3,(H,26,33)(H2,25,27,29)/t24-/m0/s1. The third-order valence-corrected chi connectivity index (χ3v) is 6.54. The van der Waals surface area contributed by atoms with Crippen LogP contribution >= 0.6 is 0 Å². The summed E-state index contributed by atoms with van der Waals surface area (Å²) in [4.78, 5) is 24.8. The first-order valence-electron chi connectivity index (χ1n) is 11.2. The van der Waals surface area contributed by atoms with Crippen LogP contribution in [0.25, 0.3) is 22.6 Å². The molecule has 0 saturated heterocycles. The van der Waals surface area contributed by atoms with E-state index in [1.165, 1.54) is 0 Å². The zero-order valence-electron chi connectivity index (χ0n) is 19.3. The molecule has 1 atom stereocenters. The molecular formula is C24H26N8O2. The third kappa shape index (κ3) is 3.91. The summed E-state index contributed by atoms with van der Waals surface area (Å²) in [5.74, 6) is 1.60. The minimum Gasteiger partial charge on any atom is -0.368 e. The third-order valence-electron chi connectivity index (χ3n) is 6.54. The van der Waals surface area contributed by atoms with Crippen LogP contribution in [0.1, 0.15) is 36.8 Å². The Morgan fingerprint density at radius 2 is 1.97 bits per heavy atom. The van der Waals surface area contributed by atoms with Gasteiger partial charge in [0, 0.05) is 25.0 Å². The molecule has 1 aromatic carbocycles. The van der Waals surface area contributed by atoms with Crippen molar-refractivity contribution in [3.8, 4) is 22.6 Å². The normalized spacial score (nSPS) is 15.1. The molecule has 3 heterocycles. The van der Waals surface area contributed by atoms with E-state index in [2.05, 4.69) is 56.7 Å². The van der Waals surface area contributed by atoms with Crippen LogP contribution in [0.5, 0.6) is 0 Å². The highest BCUT2D eigenvalue weighted by molar-refractivity contribution is 5.75.